The number of guanidine groups is 1. The molecule has 1 heterocycles. The fourth-order valence-corrected chi connectivity index (χ4v) is 2.59. The lowest BCUT2D eigenvalue weighted by molar-refractivity contribution is 0.231. The first-order chi connectivity index (χ1) is 7.26. The fraction of sp³-hybridized carbons (Fsp3) is 0.917. The van der Waals surface area contributed by atoms with Crippen LogP contribution in [0.15, 0.2) is 4.99 Å². The van der Waals surface area contributed by atoms with Gasteiger partial charge in [-0.25, -0.2) is 0 Å². The van der Waals surface area contributed by atoms with Gasteiger partial charge in [-0.05, 0) is 24.7 Å². The van der Waals surface area contributed by atoms with E-state index in [9.17, 15) is 0 Å². The van der Waals surface area contributed by atoms with Gasteiger partial charge in [-0.2, -0.15) is 0 Å². The second-order valence-electron chi connectivity index (χ2n) is 4.94. The van der Waals surface area contributed by atoms with Gasteiger partial charge in [0.05, 0.1) is 12.6 Å². The molecule has 1 unspecified atom stereocenters. The summed E-state index contributed by atoms with van der Waals surface area (Å²) in [6, 6.07) is 0.584. The van der Waals surface area contributed by atoms with Gasteiger partial charge in [0.25, 0.3) is 0 Å². The second-order valence-corrected chi connectivity index (χ2v) is 4.94. The Labute approximate surface area is 92.7 Å². The maximum atomic E-state index is 5.97. The molecule has 3 heteroatoms. The van der Waals surface area contributed by atoms with Crippen molar-refractivity contribution in [1.29, 1.82) is 0 Å². The maximum absolute atomic E-state index is 5.97. The molecule has 1 fully saturated rings. The van der Waals surface area contributed by atoms with Gasteiger partial charge in [-0.1, -0.05) is 26.7 Å². The molecule has 3 nitrogen and oxygen atoms in total. The third-order valence-electron chi connectivity index (χ3n) is 3.88. The molecule has 0 aromatic heterocycles. The number of nitrogens with zero attached hydrogens (tertiary/aromatic N) is 2. The first-order valence-corrected chi connectivity index (χ1v) is 6.32. The van der Waals surface area contributed by atoms with Crippen LogP contribution in [0.1, 0.15) is 39.5 Å². The van der Waals surface area contributed by atoms with Crippen molar-refractivity contribution in [2.75, 3.05) is 13.1 Å². The van der Waals surface area contributed by atoms with Crippen LogP contribution in [0.5, 0.6) is 0 Å². The Morgan fingerprint density at radius 2 is 2.07 bits per heavy atom. The number of hydrogen-bond acceptors (Lipinski definition) is 3. The average molecular weight is 209 g/mol. The summed E-state index contributed by atoms with van der Waals surface area (Å²) in [7, 11) is 0. The molecule has 0 aromatic carbocycles. The highest BCUT2D eigenvalue weighted by Gasteiger charge is 2.35. The van der Waals surface area contributed by atoms with Crippen molar-refractivity contribution in [3.05, 3.63) is 0 Å². The summed E-state index contributed by atoms with van der Waals surface area (Å²) < 4.78 is 0. The molecule has 2 N–H and O–H groups in total. The van der Waals surface area contributed by atoms with Crippen LogP contribution in [0.2, 0.25) is 0 Å². The van der Waals surface area contributed by atoms with Crippen molar-refractivity contribution >= 4 is 5.96 Å². The minimum absolute atomic E-state index is 0.584. The smallest absolute Gasteiger partial charge is 0.191 e. The monoisotopic (exact) mass is 209 g/mol. The molecule has 0 saturated heterocycles. The van der Waals surface area contributed by atoms with Gasteiger partial charge in [0.2, 0.25) is 0 Å². The van der Waals surface area contributed by atoms with Gasteiger partial charge in [0, 0.05) is 6.54 Å². The highest BCUT2D eigenvalue weighted by atomic mass is 15.3. The lowest BCUT2D eigenvalue weighted by Gasteiger charge is -2.31. The van der Waals surface area contributed by atoms with Crippen LogP contribution in [0, 0.1) is 11.8 Å². The zero-order valence-corrected chi connectivity index (χ0v) is 9.95. The van der Waals surface area contributed by atoms with E-state index in [4.69, 9.17) is 5.73 Å². The lowest BCUT2D eigenvalue weighted by atomic mass is 9.93. The normalized spacial score (nSPS) is 26.2. The van der Waals surface area contributed by atoms with Gasteiger partial charge in [-0.15, -0.1) is 0 Å². The summed E-state index contributed by atoms with van der Waals surface area (Å²) in [4.78, 5) is 6.79. The van der Waals surface area contributed by atoms with E-state index >= 15 is 0 Å². The predicted molar refractivity (Wildman–Crippen MR) is 63.8 cm³/mol. The summed E-state index contributed by atoms with van der Waals surface area (Å²) >= 11 is 0. The Bertz CT molecular complexity index is 241. The molecule has 86 valence electrons. The molecule has 1 saturated carbocycles. The predicted octanol–water partition coefficient (Wildman–Crippen LogP) is 1.83. The van der Waals surface area contributed by atoms with E-state index in [1.807, 2.05) is 0 Å². The molecule has 0 spiro atoms. The average Bonchev–Trinajstić information content (AvgIpc) is 2.98. The summed E-state index contributed by atoms with van der Waals surface area (Å²) in [5.74, 6) is 2.45. The molecule has 0 amide bonds. The Morgan fingerprint density at radius 3 is 2.60 bits per heavy atom. The van der Waals surface area contributed by atoms with E-state index in [2.05, 4.69) is 23.7 Å². The quantitative estimate of drug-likeness (QED) is 0.750. The maximum Gasteiger partial charge on any atom is 0.191 e. The zero-order valence-electron chi connectivity index (χ0n) is 9.95. The van der Waals surface area contributed by atoms with Crippen LogP contribution in [-0.4, -0.2) is 30.0 Å². The summed E-state index contributed by atoms with van der Waals surface area (Å²) in [5.41, 5.74) is 5.97. The minimum Gasteiger partial charge on any atom is -0.370 e. The van der Waals surface area contributed by atoms with E-state index in [0.29, 0.717) is 6.04 Å². The molecule has 2 rings (SSSR count). The second kappa shape index (κ2) is 4.42. The summed E-state index contributed by atoms with van der Waals surface area (Å²) in [5, 5.41) is 0. The van der Waals surface area contributed by atoms with Gasteiger partial charge in [0.1, 0.15) is 0 Å². The van der Waals surface area contributed by atoms with Crippen molar-refractivity contribution in [2.24, 2.45) is 22.6 Å². The summed E-state index contributed by atoms with van der Waals surface area (Å²) in [6.07, 6.45) is 5.26. The molecule has 1 atom stereocenters. The third-order valence-corrected chi connectivity index (χ3v) is 3.88. The zero-order chi connectivity index (χ0) is 10.8. The highest BCUT2D eigenvalue weighted by Crippen LogP contribution is 2.32. The lowest BCUT2D eigenvalue weighted by Crippen LogP contribution is -2.45. The largest absolute Gasteiger partial charge is 0.370 e. The standard InChI is InChI=1S/C12H23N3/c1-3-10(4-2)11-7-14-12(13)15(11)8-9-5-6-9/h9-11H,3-8H2,1-2H3,(H2,13,14). The number of aliphatic imine (C=N–C) groups is 1. The van der Waals surface area contributed by atoms with Crippen LogP contribution in [-0.2, 0) is 0 Å². The molecule has 1 aliphatic carbocycles. The fourth-order valence-electron chi connectivity index (χ4n) is 2.59. The number of nitrogens with two attached hydrogens (primary N) is 1. The number of rotatable bonds is 5. The topological polar surface area (TPSA) is 41.6 Å². The molecule has 1 aliphatic heterocycles. The van der Waals surface area contributed by atoms with Crippen LogP contribution in [0.4, 0.5) is 0 Å². The van der Waals surface area contributed by atoms with Crippen molar-refractivity contribution < 1.29 is 0 Å². The van der Waals surface area contributed by atoms with Crippen LogP contribution >= 0.6 is 0 Å². The van der Waals surface area contributed by atoms with Crippen LogP contribution in [0.3, 0.4) is 0 Å². The first kappa shape index (κ1) is 10.8. The van der Waals surface area contributed by atoms with Gasteiger partial charge >= 0.3 is 0 Å². The molecular formula is C12H23N3. The van der Waals surface area contributed by atoms with E-state index in [-0.39, 0.29) is 0 Å². The van der Waals surface area contributed by atoms with Crippen LogP contribution in [0.25, 0.3) is 0 Å². The Hall–Kier alpha value is -0.730. The highest BCUT2D eigenvalue weighted by molar-refractivity contribution is 5.80. The Morgan fingerprint density at radius 1 is 1.40 bits per heavy atom. The van der Waals surface area contributed by atoms with E-state index in [0.717, 1.165) is 30.9 Å². The van der Waals surface area contributed by atoms with Crippen molar-refractivity contribution in [3.8, 4) is 0 Å². The van der Waals surface area contributed by atoms with Gasteiger partial charge < -0.3 is 10.6 Å². The summed E-state index contributed by atoms with van der Waals surface area (Å²) in [6.45, 7) is 6.62. The van der Waals surface area contributed by atoms with Crippen LogP contribution < -0.4 is 5.73 Å². The molecule has 0 radical (unpaired) electrons. The van der Waals surface area contributed by atoms with E-state index in [1.165, 1.54) is 25.7 Å². The molecule has 0 bridgehead atoms. The SMILES string of the molecule is CCC(CC)C1CN=C(N)N1CC1CC1. The minimum atomic E-state index is 0.584. The van der Waals surface area contributed by atoms with E-state index < -0.39 is 0 Å². The van der Waals surface area contributed by atoms with E-state index in [1.54, 1.807) is 0 Å². The van der Waals surface area contributed by atoms with Crippen molar-refractivity contribution in [1.82, 2.24) is 4.90 Å². The Kier molecular flexibility index (Phi) is 3.17. The molecule has 2 aliphatic rings. The molecule has 0 aromatic rings. The van der Waals surface area contributed by atoms with Crippen molar-refractivity contribution in [2.45, 2.75) is 45.6 Å². The number of hydrogen-bond donors (Lipinski definition) is 1. The molecule has 15 heavy (non-hydrogen) atoms. The first-order valence-electron chi connectivity index (χ1n) is 6.32. The van der Waals surface area contributed by atoms with Crippen molar-refractivity contribution in [3.63, 3.8) is 0 Å². The third kappa shape index (κ3) is 2.27. The molecular weight excluding hydrogens is 186 g/mol. The Balaban J connectivity index is 1.98. The van der Waals surface area contributed by atoms with Gasteiger partial charge in [-0.3, -0.25) is 4.99 Å². The van der Waals surface area contributed by atoms with Gasteiger partial charge in [0.15, 0.2) is 5.96 Å².